The molecule has 1 unspecified atom stereocenters. The molecule has 1 aromatic heterocycles. The van der Waals surface area contributed by atoms with Gasteiger partial charge in [0.15, 0.2) is 5.96 Å². The lowest BCUT2D eigenvalue weighted by molar-refractivity contribution is 0.311. The molecule has 2 heterocycles. The maximum absolute atomic E-state index is 6.05. The van der Waals surface area contributed by atoms with E-state index < -0.39 is 0 Å². The predicted molar refractivity (Wildman–Crippen MR) is 82.6 cm³/mol. The van der Waals surface area contributed by atoms with Gasteiger partial charge in [-0.3, -0.25) is 4.99 Å². The van der Waals surface area contributed by atoms with Gasteiger partial charge in [0.1, 0.15) is 0 Å². The summed E-state index contributed by atoms with van der Waals surface area (Å²) in [4.78, 5) is 6.69. The summed E-state index contributed by atoms with van der Waals surface area (Å²) in [6.45, 7) is 6.17. The SMILES string of the molecule is CC(C)CN1C(N)=NCC1c1csc2ccccc12. The molecule has 1 atom stereocenters. The first-order valence-electron chi connectivity index (χ1n) is 6.69. The monoisotopic (exact) mass is 273 g/mol. The molecular formula is C15H19N3S. The molecule has 1 aromatic carbocycles. The van der Waals surface area contributed by atoms with E-state index in [1.807, 2.05) is 0 Å². The molecule has 0 fully saturated rings. The minimum Gasteiger partial charge on any atom is -0.370 e. The van der Waals surface area contributed by atoms with Crippen LogP contribution in [0.15, 0.2) is 34.6 Å². The molecule has 0 bridgehead atoms. The van der Waals surface area contributed by atoms with Crippen molar-refractivity contribution in [1.29, 1.82) is 0 Å². The highest BCUT2D eigenvalue weighted by Gasteiger charge is 2.29. The van der Waals surface area contributed by atoms with Crippen LogP contribution in [0.2, 0.25) is 0 Å². The number of hydrogen-bond acceptors (Lipinski definition) is 4. The van der Waals surface area contributed by atoms with Gasteiger partial charge in [0.2, 0.25) is 0 Å². The van der Waals surface area contributed by atoms with E-state index in [9.17, 15) is 0 Å². The average Bonchev–Trinajstić information content (AvgIpc) is 2.94. The van der Waals surface area contributed by atoms with E-state index in [1.54, 1.807) is 11.3 Å². The fourth-order valence-corrected chi connectivity index (χ4v) is 3.67. The smallest absolute Gasteiger partial charge is 0.191 e. The van der Waals surface area contributed by atoms with Crippen LogP contribution in [0.5, 0.6) is 0 Å². The Morgan fingerprint density at radius 1 is 1.42 bits per heavy atom. The number of hydrogen-bond donors (Lipinski definition) is 1. The number of nitrogens with two attached hydrogens (primary N) is 1. The number of benzene rings is 1. The highest BCUT2D eigenvalue weighted by atomic mass is 32.1. The van der Waals surface area contributed by atoms with E-state index in [1.165, 1.54) is 15.6 Å². The van der Waals surface area contributed by atoms with E-state index in [0.29, 0.717) is 17.9 Å². The number of thiophene rings is 1. The van der Waals surface area contributed by atoms with Crippen LogP contribution < -0.4 is 5.73 Å². The molecule has 0 saturated carbocycles. The van der Waals surface area contributed by atoms with Crippen LogP contribution in [-0.2, 0) is 0 Å². The average molecular weight is 273 g/mol. The molecular weight excluding hydrogens is 254 g/mol. The van der Waals surface area contributed by atoms with Crippen LogP contribution in [-0.4, -0.2) is 23.9 Å². The Morgan fingerprint density at radius 2 is 2.21 bits per heavy atom. The van der Waals surface area contributed by atoms with Gasteiger partial charge in [0, 0.05) is 11.2 Å². The van der Waals surface area contributed by atoms with Gasteiger partial charge in [0.25, 0.3) is 0 Å². The van der Waals surface area contributed by atoms with Gasteiger partial charge < -0.3 is 10.6 Å². The Morgan fingerprint density at radius 3 is 3.00 bits per heavy atom. The van der Waals surface area contributed by atoms with E-state index in [-0.39, 0.29) is 0 Å². The molecule has 0 spiro atoms. The van der Waals surface area contributed by atoms with Crippen molar-refractivity contribution >= 4 is 27.4 Å². The summed E-state index contributed by atoms with van der Waals surface area (Å²) in [6.07, 6.45) is 0. The Labute approximate surface area is 117 Å². The maximum atomic E-state index is 6.05. The fraction of sp³-hybridized carbons (Fsp3) is 0.400. The van der Waals surface area contributed by atoms with Crippen molar-refractivity contribution in [2.45, 2.75) is 19.9 Å². The Bertz CT molecular complexity index is 615. The van der Waals surface area contributed by atoms with Gasteiger partial charge >= 0.3 is 0 Å². The normalized spacial score (nSPS) is 19.4. The third-order valence-electron chi connectivity index (χ3n) is 3.53. The van der Waals surface area contributed by atoms with Crippen molar-refractivity contribution in [2.75, 3.05) is 13.1 Å². The second kappa shape index (κ2) is 4.85. The minimum absolute atomic E-state index is 0.304. The topological polar surface area (TPSA) is 41.6 Å². The van der Waals surface area contributed by atoms with Crippen LogP contribution >= 0.6 is 11.3 Å². The standard InChI is InChI=1S/C15H19N3S/c1-10(2)8-18-13(7-17-15(18)16)12-9-19-14-6-4-3-5-11(12)14/h3-6,9-10,13H,7-8H2,1-2H3,(H2,16,17). The molecule has 19 heavy (non-hydrogen) atoms. The number of rotatable bonds is 3. The van der Waals surface area contributed by atoms with Gasteiger partial charge in [-0.2, -0.15) is 0 Å². The van der Waals surface area contributed by atoms with Crippen LogP contribution in [0.3, 0.4) is 0 Å². The van der Waals surface area contributed by atoms with Crippen LogP contribution in [0, 0.1) is 5.92 Å². The summed E-state index contributed by atoms with van der Waals surface area (Å²) in [7, 11) is 0. The first-order valence-corrected chi connectivity index (χ1v) is 7.57. The summed E-state index contributed by atoms with van der Waals surface area (Å²) < 4.78 is 1.34. The largest absolute Gasteiger partial charge is 0.370 e. The van der Waals surface area contributed by atoms with Crippen molar-refractivity contribution in [1.82, 2.24) is 4.90 Å². The van der Waals surface area contributed by atoms with Crippen molar-refractivity contribution in [3.63, 3.8) is 0 Å². The molecule has 0 radical (unpaired) electrons. The van der Waals surface area contributed by atoms with Crippen molar-refractivity contribution < 1.29 is 0 Å². The van der Waals surface area contributed by atoms with Crippen molar-refractivity contribution in [3.05, 3.63) is 35.2 Å². The number of fused-ring (bicyclic) bond motifs is 1. The Hall–Kier alpha value is -1.55. The second-order valence-corrected chi connectivity index (χ2v) is 6.36. The highest BCUT2D eigenvalue weighted by Crippen LogP contribution is 2.35. The fourth-order valence-electron chi connectivity index (χ4n) is 2.67. The third-order valence-corrected chi connectivity index (χ3v) is 4.51. The molecule has 2 N–H and O–H groups in total. The lowest BCUT2D eigenvalue weighted by Crippen LogP contribution is -2.38. The van der Waals surface area contributed by atoms with E-state index in [4.69, 9.17) is 5.73 Å². The molecule has 0 aliphatic carbocycles. The summed E-state index contributed by atoms with van der Waals surface area (Å²) in [5, 5.41) is 3.60. The summed E-state index contributed by atoms with van der Waals surface area (Å²) in [6, 6.07) is 8.87. The zero-order valence-electron chi connectivity index (χ0n) is 11.3. The Balaban J connectivity index is 1.97. The van der Waals surface area contributed by atoms with E-state index >= 15 is 0 Å². The molecule has 100 valence electrons. The molecule has 3 rings (SSSR count). The zero-order valence-corrected chi connectivity index (χ0v) is 12.2. The van der Waals surface area contributed by atoms with Gasteiger partial charge in [-0.25, -0.2) is 0 Å². The molecule has 1 aliphatic rings. The molecule has 2 aromatic rings. The maximum Gasteiger partial charge on any atom is 0.191 e. The van der Waals surface area contributed by atoms with Gasteiger partial charge in [-0.15, -0.1) is 11.3 Å². The lowest BCUT2D eigenvalue weighted by Gasteiger charge is -2.27. The number of guanidine groups is 1. The van der Waals surface area contributed by atoms with Crippen LogP contribution in [0.1, 0.15) is 25.5 Å². The number of aliphatic imine (C=N–C) groups is 1. The summed E-state index contributed by atoms with van der Waals surface area (Å²) >= 11 is 1.80. The van der Waals surface area contributed by atoms with Crippen molar-refractivity contribution in [2.24, 2.45) is 16.6 Å². The first kappa shape index (κ1) is 12.5. The minimum atomic E-state index is 0.304. The molecule has 1 aliphatic heterocycles. The van der Waals surface area contributed by atoms with E-state index in [2.05, 4.69) is 53.4 Å². The van der Waals surface area contributed by atoms with Crippen LogP contribution in [0.4, 0.5) is 0 Å². The first-order chi connectivity index (χ1) is 9.16. The molecule has 0 saturated heterocycles. The van der Waals surface area contributed by atoms with Gasteiger partial charge in [0.05, 0.1) is 12.6 Å². The zero-order chi connectivity index (χ0) is 13.4. The predicted octanol–water partition coefficient (Wildman–Crippen LogP) is 3.23. The van der Waals surface area contributed by atoms with Gasteiger partial charge in [-0.1, -0.05) is 32.0 Å². The van der Waals surface area contributed by atoms with Crippen LogP contribution in [0.25, 0.3) is 10.1 Å². The lowest BCUT2D eigenvalue weighted by atomic mass is 10.0. The van der Waals surface area contributed by atoms with Crippen molar-refractivity contribution in [3.8, 4) is 0 Å². The Kier molecular flexibility index (Phi) is 3.19. The second-order valence-electron chi connectivity index (χ2n) is 5.45. The summed E-state index contributed by atoms with van der Waals surface area (Å²) in [5.74, 6) is 1.27. The third kappa shape index (κ3) is 2.21. The summed E-state index contributed by atoms with van der Waals surface area (Å²) in [5.41, 5.74) is 7.41. The highest BCUT2D eigenvalue weighted by molar-refractivity contribution is 7.17. The number of nitrogens with zero attached hydrogens (tertiary/aromatic N) is 2. The molecule has 4 heteroatoms. The molecule has 3 nitrogen and oxygen atoms in total. The van der Waals surface area contributed by atoms with Gasteiger partial charge in [-0.05, 0) is 28.3 Å². The molecule has 0 amide bonds. The quantitative estimate of drug-likeness (QED) is 0.933. The van der Waals surface area contributed by atoms with E-state index in [0.717, 1.165) is 13.1 Å².